The summed E-state index contributed by atoms with van der Waals surface area (Å²) in [5, 5.41) is 0. The highest BCUT2D eigenvalue weighted by Crippen LogP contribution is 2.24. The van der Waals surface area contributed by atoms with Gasteiger partial charge in [0, 0.05) is 23.1 Å². The first-order chi connectivity index (χ1) is 8.97. The van der Waals surface area contributed by atoms with Gasteiger partial charge in [-0.15, -0.1) is 0 Å². The van der Waals surface area contributed by atoms with Gasteiger partial charge in [-0.1, -0.05) is 22.9 Å². The standard InChI is InChI=1S/C14H20BrNO3/c1-10(14(17)19-4)8-16(2)9-11-7-12(15)5-6-13(11)18-3/h5-7,10H,8-9H2,1-4H3. The monoisotopic (exact) mass is 329 g/mol. The smallest absolute Gasteiger partial charge is 0.309 e. The molecule has 0 bridgehead atoms. The second kappa shape index (κ2) is 7.50. The molecule has 0 saturated heterocycles. The Labute approximate surface area is 122 Å². The van der Waals surface area contributed by atoms with Crippen LogP contribution in [0.1, 0.15) is 12.5 Å². The number of benzene rings is 1. The molecule has 0 saturated carbocycles. The maximum Gasteiger partial charge on any atom is 0.309 e. The van der Waals surface area contributed by atoms with Crippen molar-refractivity contribution in [2.45, 2.75) is 13.5 Å². The normalized spacial score (nSPS) is 12.3. The minimum atomic E-state index is -0.187. The molecule has 1 rings (SSSR count). The number of nitrogens with zero attached hydrogens (tertiary/aromatic N) is 1. The van der Waals surface area contributed by atoms with Gasteiger partial charge in [0.2, 0.25) is 0 Å². The predicted molar refractivity (Wildman–Crippen MR) is 78.2 cm³/mol. The third-order valence-corrected chi connectivity index (χ3v) is 3.37. The van der Waals surface area contributed by atoms with Gasteiger partial charge in [-0.05, 0) is 25.2 Å². The van der Waals surface area contributed by atoms with Crippen LogP contribution < -0.4 is 4.74 Å². The molecule has 0 aliphatic carbocycles. The second-order valence-corrected chi connectivity index (χ2v) is 5.49. The summed E-state index contributed by atoms with van der Waals surface area (Å²) in [4.78, 5) is 13.5. The fourth-order valence-electron chi connectivity index (χ4n) is 1.97. The summed E-state index contributed by atoms with van der Waals surface area (Å²) in [5.41, 5.74) is 1.08. The van der Waals surface area contributed by atoms with Crippen molar-refractivity contribution >= 4 is 21.9 Å². The predicted octanol–water partition coefficient (Wildman–Crippen LogP) is 2.70. The van der Waals surface area contributed by atoms with Crippen molar-refractivity contribution in [3.63, 3.8) is 0 Å². The van der Waals surface area contributed by atoms with Crippen molar-refractivity contribution in [2.24, 2.45) is 5.92 Å². The lowest BCUT2D eigenvalue weighted by atomic mass is 10.1. The fraction of sp³-hybridized carbons (Fsp3) is 0.500. The SMILES string of the molecule is COC(=O)C(C)CN(C)Cc1cc(Br)ccc1OC. The van der Waals surface area contributed by atoms with Gasteiger partial charge in [0.05, 0.1) is 20.1 Å². The van der Waals surface area contributed by atoms with Crippen LogP contribution >= 0.6 is 15.9 Å². The molecule has 1 aromatic carbocycles. The van der Waals surface area contributed by atoms with Gasteiger partial charge in [0.15, 0.2) is 0 Å². The fourth-order valence-corrected chi connectivity index (χ4v) is 2.38. The van der Waals surface area contributed by atoms with E-state index in [0.717, 1.165) is 15.8 Å². The molecule has 0 heterocycles. The van der Waals surface area contributed by atoms with E-state index in [1.54, 1.807) is 7.11 Å². The van der Waals surface area contributed by atoms with Crippen molar-refractivity contribution < 1.29 is 14.3 Å². The van der Waals surface area contributed by atoms with E-state index in [4.69, 9.17) is 9.47 Å². The molecule has 1 aromatic rings. The van der Waals surface area contributed by atoms with Crippen LogP contribution in [0.5, 0.6) is 5.75 Å². The summed E-state index contributed by atoms with van der Waals surface area (Å²) < 4.78 is 11.1. The lowest BCUT2D eigenvalue weighted by Crippen LogP contribution is -2.29. The van der Waals surface area contributed by atoms with Crippen molar-refractivity contribution in [1.29, 1.82) is 0 Å². The van der Waals surface area contributed by atoms with E-state index in [1.807, 2.05) is 32.2 Å². The van der Waals surface area contributed by atoms with Crippen LogP contribution in [0.3, 0.4) is 0 Å². The topological polar surface area (TPSA) is 38.8 Å². The summed E-state index contributed by atoms with van der Waals surface area (Å²) in [6.07, 6.45) is 0. The average Bonchev–Trinajstić information content (AvgIpc) is 2.37. The van der Waals surface area contributed by atoms with E-state index in [2.05, 4.69) is 20.8 Å². The molecular weight excluding hydrogens is 310 g/mol. The first-order valence-electron chi connectivity index (χ1n) is 6.06. The highest BCUT2D eigenvalue weighted by atomic mass is 79.9. The molecule has 5 heteroatoms. The number of carbonyl (C=O) groups is 1. The van der Waals surface area contributed by atoms with E-state index in [0.29, 0.717) is 13.1 Å². The van der Waals surface area contributed by atoms with Gasteiger partial charge in [-0.2, -0.15) is 0 Å². The van der Waals surface area contributed by atoms with Crippen LogP contribution in [0.4, 0.5) is 0 Å². The van der Waals surface area contributed by atoms with Crippen LogP contribution in [-0.4, -0.2) is 38.7 Å². The highest BCUT2D eigenvalue weighted by molar-refractivity contribution is 9.10. The molecule has 1 atom stereocenters. The van der Waals surface area contributed by atoms with E-state index in [9.17, 15) is 4.79 Å². The first kappa shape index (κ1) is 16.0. The summed E-state index contributed by atoms with van der Waals surface area (Å²) >= 11 is 3.45. The van der Waals surface area contributed by atoms with Crippen molar-refractivity contribution in [1.82, 2.24) is 4.90 Å². The number of ether oxygens (including phenoxy) is 2. The van der Waals surface area contributed by atoms with Gasteiger partial charge in [-0.3, -0.25) is 4.79 Å². The third-order valence-electron chi connectivity index (χ3n) is 2.87. The summed E-state index contributed by atoms with van der Waals surface area (Å²) in [5.74, 6) is 0.516. The largest absolute Gasteiger partial charge is 0.496 e. The van der Waals surface area contributed by atoms with Crippen molar-refractivity contribution in [2.75, 3.05) is 27.8 Å². The number of carbonyl (C=O) groups excluding carboxylic acids is 1. The Balaban J connectivity index is 2.68. The maximum atomic E-state index is 11.4. The average molecular weight is 330 g/mol. The Morgan fingerprint density at radius 2 is 2.11 bits per heavy atom. The molecule has 0 fully saturated rings. The molecule has 1 unspecified atom stereocenters. The minimum Gasteiger partial charge on any atom is -0.496 e. The second-order valence-electron chi connectivity index (χ2n) is 4.58. The molecule has 0 aliphatic heterocycles. The van der Waals surface area contributed by atoms with E-state index in [-0.39, 0.29) is 11.9 Å². The zero-order valence-electron chi connectivity index (χ0n) is 11.8. The number of methoxy groups -OCH3 is 2. The number of hydrogen-bond donors (Lipinski definition) is 0. The van der Waals surface area contributed by atoms with Crippen LogP contribution in [0.2, 0.25) is 0 Å². The van der Waals surface area contributed by atoms with Gasteiger partial charge in [0.25, 0.3) is 0 Å². The molecule has 0 N–H and O–H groups in total. The lowest BCUT2D eigenvalue weighted by molar-refractivity contribution is -0.145. The lowest BCUT2D eigenvalue weighted by Gasteiger charge is -2.21. The molecule has 4 nitrogen and oxygen atoms in total. The van der Waals surface area contributed by atoms with Crippen LogP contribution in [-0.2, 0) is 16.1 Å². The molecule has 0 aromatic heterocycles. The Morgan fingerprint density at radius 3 is 2.68 bits per heavy atom. The molecular formula is C14H20BrNO3. The number of rotatable bonds is 6. The van der Waals surface area contributed by atoms with E-state index in [1.165, 1.54) is 7.11 Å². The number of halogens is 1. The number of esters is 1. The van der Waals surface area contributed by atoms with Crippen molar-refractivity contribution in [3.8, 4) is 5.75 Å². The molecule has 0 radical (unpaired) electrons. The Kier molecular flexibility index (Phi) is 6.31. The Bertz CT molecular complexity index is 437. The summed E-state index contributed by atoms with van der Waals surface area (Å²) in [6, 6.07) is 5.90. The summed E-state index contributed by atoms with van der Waals surface area (Å²) in [6.45, 7) is 3.22. The maximum absolute atomic E-state index is 11.4. The van der Waals surface area contributed by atoms with Crippen molar-refractivity contribution in [3.05, 3.63) is 28.2 Å². The van der Waals surface area contributed by atoms with Crippen LogP contribution in [0.25, 0.3) is 0 Å². The van der Waals surface area contributed by atoms with E-state index < -0.39 is 0 Å². The molecule has 0 spiro atoms. The number of hydrogen-bond acceptors (Lipinski definition) is 4. The van der Waals surface area contributed by atoms with Gasteiger partial charge >= 0.3 is 5.97 Å². The van der Waals surface area contributed by atoms with Gasteiger partial charge in [-0.25, -0.2) is 0 Å². The zero-order valence-corrected chi connectivity index (χ0v) is 13.4. The first-order valence-corrected chi connectivity index (χ1v) is 6.86. The summed E-state index contributed by atoms with van der Waals surface area (Å²) in [7, 11) is 5.04. The molecule has 0 amide bonds. The van der Waals surface area contributed by atoms with Crippen LogP contribution in [0.15, 0.2) is 22.7 Å². The minimum absolute atomic E-state index is 0.145. The Morgan fingerprint density at radius 1 is 1.42 bits per heavy atom. The molecule has 0 aliphatic rings. The zero-order chi connectivity index (χ0) is 14.4. The van der Waals surface area contributed by atoms with Gasteiger partial charge < -0.3 is 14.4 Å². The van der Waals surface area contributed by atoms with Gasteiger partial charge in [0.1, 0.15) is 5.75 Å². The quantitative estimate of drug-likeness (QED) is 0.752. The van der Waals surface area contributed by atoms with E-state index >= 15 is 0 Å². The molecule has 106 valence electrons. The Hall–Kier alpha value is -1.07. The third kappa shape index (κ3) is 4.84. The highest BCUT2D eigenvalue weighted by Gasteiger charge is 2.16. The van der Waals surface area contributed by atoms with Crippen LogP contribution in [0, 0.1) is 5.92 Å². The molecule has 19 heavy (non-hydrogen) atoms.